The van der Waals surface area contributed by atoms with E-state index in [-0.39, 0.29) is 11.8 Å². The van der Waals surface area contributed by atoms with Gasteiger partial charge in [0.15, 0.2) is 5.41 Å². The summed E-state index contributed by atoms with van der Waals surface area (Å²) in [5, 5.41) is 18.6. The van der Waals surface area contributed by atoms with Crippen molar-refractivity contribution < 1.29 is 13.2 Å². The van der Waals surface area contributed by atoms with E-state index in [1.54, 1.807) is 12.1 Å². The smallest absolute Gasteiger partial charge is 0.224 e. The standard InChI is InChI=1S/C13H15F3N4S/c1-11(2,3)10-19-9(21-20-10)6-12(7-17,8-18)4-5-13(14,15)16/h4-6H2,1-3H3. The molecule has 0 atom stereocenters. The van der Waals surface area contributed by atoms with Crippen molar-refractivity contribution in [2.45, 2.75) is 51.6 Å². The first kappa shape index (κ1) is 17.4. The molecular formula is C13H15F3N4S. The second kappa shape index (κ2) is 5.98. The number of nitrogens with zero attached hydrogens (tertiary/aromatic N) is 4. The molecule has 8 heteroatoms. The van der Waals surface area contributed by atoms with Crippen LogP contribution in [-0.2, 0) is 11.8 Å². The van der Waals surface area contributed by atoms with Crippen LogP contribution in [0, 0.1) is 28.1 Å². The van der Waals surface area contributed by atoms with E-state index >= 15 is 0 Å². The molecule has 114 valence electrons. The summed E-state index contributed by atoms with van der Waals surface area (Å²) in [5.74, 6) is 0.558. The fourth-order valence-corrected chi connectivity index (χ4v) is 2.49. The maximum Gasteiger partial charge on any atom is 0.389 e. The van der Waals surface area contributed by atoms with Gasteiger partial charge in [-0.1, -0.05) is 20.8 Å². The number of hydrogen-bond acceptors (Lipinski definition) is 5. The Morgan fingerprint density at radius 2 is 1.67 bits per heavy atom. The molecule has 21 heavy (non-hydrogen) atoms. The minimum Gasteiger partial charge on any atom is -0.224 e. The highest BCUT2D eigenvalue weighted by atomic mass is 32.1. The molecule has 1 aromatic rings. The van der Waals surface area contributed by atoms with E-state index < -0.39 is 24.4 Å². The first-order valence-electron chi connectivity index (χ1n) is 6.24. The molecule has 0 unspecified atom stereocenters. The Hall–Kier alpha value is -1.67. The first-order valence-corrected chi connectivity index (χ1v) is 7.01. The van der Waals surface area contributed by atoms with Crippen LogP contribution in [0.4, 0.5) is 13.2 Å². The zero-order valence-corrected chi connectivity index (χ0v) is 12.8. The summed E-state index contributed by atoms with van der Waals surface area (Å²) < 4.78 is 41.1. The minimum atomic E-state index is -4.39. The summed E-state index contributed by atoms with van der Waals surface area (Å²) in [4.78, 5) is 4.23. The Kier molecular flexibility index (Phi) is 4.95. The fraction of sp³-hybridized carbons (Fsp3) is 0.692. The molecule has 0 radical (unpaired) electrons. The molecule has 1 aromatic heterocycles. The number of nitriles is 2. The van der Waals surface area contributed by atoms with Crippen molar-refractivity contribution in [1.29, 1.82) is 10.5 Å². The van der Waals surface area contributed by atoms with Crippen LogP contribution in [0.3, 0.4) is 0 Å². The zero-order chi connectivity index (χ0) is 16.3. The average Bonchev–Trinajstić information content (AvgIpc) is 2.82. The maximum absolute atomic E-state index is 12.3. The minimum absolute atomic E-state index is 0.135. The van der Waals surface area contributed by atoms with E-state index in [9.17, 15) is 13.2 Å². The maximum atomic E-state index is 12.3. The Bertz CT molecular complexity index is 558. The van der Waals surface area contributed by atoms with Crippen LogP contribution < -0.4 is 0 Å². The molecule has 0 aliphatic heterocycles. The molecular weight excluding hydrogens is 301 g/mol. The van der Waals surface area contributed by atoms with Crippen LogP contribution in [0.5, 0.6) is 0 Å². The van der Waals surface area contributed by atoms with Crippen molar-refractivity contribution in [3.63, 3.8) is 0 Å². The zero-order valence-electron chi connectivity index (χ0n) is 12.0. The van der Waals surface area contributed by atoms with Crippen molar-refractivity contribution >= 4 is 11.5 Å². The van der Waals surface area contributed by atoms with E-state index in [1.165, 1.54) is 0 Å². The van der Waals surface area contributed by atoms with Crippen LogP contribution in [0.2, 0.25) is 0 Å². The highest BCUT2D eigenvalue weighted by molar-refractivity contribution is 7.05. The lowest BCUT2D eigenvalue weighted by Crippen LogP contribution is -2.23. The van der Waals surface area contributed by atoms with Gasteiger partial charge in [-0.25, -0.2) is 4.98 Å². The van der Waals surface area contributed by atoms with Gasteiger partial charge >= 0.3 is 6.18 Å². The van der Waals surface area contributed by atoms with E-state index in [0.29, 0.717) is 10.8 Å². The summed E-state index contributed by atoms with van der Waals surface area (Å²) in [6.45, 7) is 5.72. The third-order valence-electron chi connectivity index (χ3n) is 2.86. The number of hydrogen-bond donors (Lipinski definition) is 0. The van der Waals surface area contributed by atoms with Crippen LogP contribution in [0.25, 0.3) is 0 Å². The molecule has 0 aliphatic carbocycles. The van der Waals surface area contributed by atoms with E-state index in [0.717, 1.165) is 11.5 Å². The molecule has 0 bridgehead atoms. The Morgan fingerprint density at radius 3 is 2.05 bits per heavy atom. The molecule has 0 aliphatic rings. The summed E-state index contributed by atoms with van der Waals surface area (Å²) in [6.07, 6.45) is -6.26. The van der Waals surface area contributed by atoms with Crippen molar-refractivity contribution in [3.05, 3.63) is 10.8 Å². The van der Waals surface area contributed by atoms with Gasteiger partial charge in [0, 0.05) is 18.3 Å². The van der Waals surface area contributed by atoms with Gasteiger partial charge in [-0.05, 0) is 18.0 Å². The van der Waals surface area contributed by atoms with Gasteiger partial charge in [0.2, 0.25) is 0 Å². The normalized spacial score (nSPS) is 12.8. The molecule has 1 heterocycles. The molecule has 0 saturated carbocycles. The number of aromatic nitrogens is 2. The molecule has 0 aromatic carbocycles. The van der Waals surface area contributed by atoms with Crippen molar-refractivity contribution in [3.8, 4) is 12.1 Å². The van der Waals surface area contributed by atoms with Gasteiger partial charge in [0.05, 0.1) is 12.1 Å². The predicted molar refractivity (Wildman–Crippen MR) is 71.3 cm³/mol. The van der Waals surface area contributed by atoms with Crippen LogP contribution in [0.1, 0.15) is 44.4 Å². The largest absolute Gasteiger partial charge is 0.389 e. The Labute approximate surface area is 125 Å². The van der Waals surface area contributed by atoms with Gasteiger partial charge in [-0.15, -0.1) is 0 Å². The molecule has 0 saturated heterocycles. The van der Waals surface area contributed by atoms with Gasteiger partial charge in [-0.3, -0.25) is 0 Å². The van der Waals surface area contributed by atoms with Gasteiger partial charge < -0.3 is 0 Å². The summed E-state index contributed by atoms with van der Waals surface area (Å²) >= 11 is 1.02. The quantitative estimate of drug-likeness (QED) is 0.848. The highest BCUT2D eigenvalue weighted by Gasteiger charge is 2.38. The number of rotatable bonds is 4. The summed E-state index contributed by atoms with van der Waals surface area (Å²) in [7, 11) is 0. The lowest BCUT2D eigenvalue weighted by Gasteiger charge is -2.18. The lowest BCUT2D eigenvalue weighted by atomic mass is 9.83. The van der Waals surface area contributed by atoms with Crippen LogP contribution >= 0.6 is 11.5 Å². The molecule has 0 amide bonds. The van der Waals surface area contributed by atoms with E-state index in [4.69, 9.17) is 10.5 Å². The Morgan fingerprint density at radius 1 is 1.10 bits per heavy atom. The molecule has 4 nitrogen and oxygen atoms in total. The van der Waals surface area contributed by atoms with Gasteiger partial charge in [0.25, 0.3) is 0 Å². The summed E-state index contributed by atoms with van der Waals surface area (Å²) in [6, 6.07) is 3.42. The van der Waals surface area contributed by atoms with E-state index in [1.807, 2.05) is 20.8 Å². The molecule has 0 N–H and O–H groups in total. The molecule has 0 spiro atoms. The fourth-order valence-electron chi connectivity index (χ4n) is 1.55. The first-order chi connectivity index (χ1) is 9.51. The second-order valence-corrected chi connectivity index (χ2v) is 6.70. The number of alkyl halides is 3. The average molecular weight is 316 g/mol. The van der Waals surface area contributed by atoms with Crippen LogP contribution in [0.15, 0.2) is 0 Å². The monoisotopic (exact) mass is 316 g/mol. The third-order valence-corrected chi connectivity index (χ3v) is 3.57. The summed E-state index contributed by atoms with van der Waals surface area (Å²) in [5.41, 5.74) is -2.01. The van der Waals surface area contributed by atoms with Gasteiger partial charge in [-0.2, -0.15) is 28.1 Å². The molecule has 0 fully saturated rings. The SMILES string of the molecule is CC(C)(C)c1nsc(CC(C#N)(C#N)CCC(F)(F)F)n1. The van der Waals surface area contributed by atoms with Crippen LogP contribution in [-0.4, -0.2) is 15.5 Å². The lowest BCUT2D eigenvalue weighted by molar-refractivity contribution is -0.138. The molecule has 1 rings (SSSR count). The third kappa shape index (κ3) is 4.98. The van der Waals surface area contributed by atoms with Crippen molar-refractivity contribution in [2.24, 2.45) is 5.41 Å². The predicted octanol–water partition coefficient (Wildman–Crippen LogP) is 3.75. The number of halogens is 3. The highest BCUT2D eigenvalue weighted by Crippen LogP contribution is 2.34. The van der Waals surface area contributed by atoms with Gasteiger partial charge in [0.1, 0.15) is 10.8 Å². The van der Waals surface area contributed by atoms with E-state index in [2.05, 4.69) is 9.36 Å². The Balaban J connectivity index is 2.92. The second-order valence-electron chi connectivity index (χ2n) is 5.86. The topological polar surface area (TPSA) is 73.4 Å². The van der Waals surface area contributed by atoms with Crippen molar-refractivity contribution in [2.75, 3.05) is 0 Å². The van der Waals surface area contributed by atoms with Crippen molar-refractivity contribution in [1.82, 2.24) is 9.36 Å².